The Morgan fingerprint density at radius 2 is 1.92 bits per heavy atom. The van der Waals surface area contributed by atoms with Crippen LogP contribution in [0, 0.1) is 6.92 Å². The third kappa shape index (κ3) is 4.36. The quantitative estimate of drug-likeness (QED) is 0.815. The van der Waals surface area contributed by atoms with E-state index in [0.717, 1.165) is 30.7 Å². The number of benzene rings is 2. The summed E-state index contributed by atoms with van der Waals surface area (Å²) in [5, 5.41) is 0. The minimum Gasteiger partial charge on any atom is -0.484 e. The summed E-state index contributed by atoms with van der Waals surface area (Å²) in [4.78, 5) is 14.5. The van der Waals surface area contributed by atoms with E-state index in [9.17, 15) is 4.79 Å². The van der Waals surface area contributed by atoms with Crippen molar-refractivity contribution in [3.8, 4) is 5.75 Å². The number of hydrogen-bond donors (Lipinski definition) is 0. The Morgan fingerprint density at radius 1 is 1.17 bits per heavy atom. The Kier molecular flexibility index (Phi) is 5.49. The number of ether oxygens (including phenoxy) is 2. The van der Waals surface area contributed by atoms with Crippen LogP contribution in [-0.2, 0) is 9.53 Å². The predicted octanol–water partition coefficient (Wildman–Crippen LogP) is 3.59. The van der Waals surface area contributed by atoms with Gasteiger partial charge in [-0.05, 0) is 44.0 Å². The number of anilines is 1. The molecule has 2 aromatic rings. The number of hydrogen-bond acceptors (Lipinski definition) is 3. The maximum Gasteiger partial charge on any atom is 0.264 e. The lowest BCUT2D eigenvalue weighted by atomic mass is 10.2. The van der Waals surface area contributed by atoms with Crippen LogP contribution in [0.25, 0.3) is 0 Å². The standard InChI is InChI=1S/C20H23NO3/c1-16-9-11-18(12-10-16)24-15-20(22)21(14-19-8-5-13-23-19)17-6-3-2-4-7-17/h2-4,6-7,9-12,19H,5,8,13-15H2,1H3. The maximum absolute atomic E-state index is 12.7. The second kappa shape index (κ2) is 7.97. The topological polar surface area (TPSA) is 38.8 Å². The fourth-order valence-corrected chi connectivity index (χ4v) is 2.81. The smallest absolute Gasteiger partial charge is 0.264 e. The highest BCUT2D eigenvalue weighted by atomic mass is 16.5. The normalized spacial score (nSPS) is 16.8. The number of rotatable bonds is 6. The van der Waals surface area contributed by atoms with Crippen LogP contribution in [0.15, 0.2) is 54.6 Å². The molecule has 0 bridgehead atoms. The zero-order chi connectivity index (χ0) is 16.8. The average Bonchev–Trinajstić information content (AvgIpc) is 3.13. The van der Waals surface area contributed by atoms with E-state index < -0.39 is 0 Å². The number of para-hydroxylation sites is 1. The van der Waals surface area contributed by atoms with Crippen molar-refractivity contribution in [1.29, 1.82) is 0 Å². The summed E-state index contributed by atoms with van der Waals surface area (Å²) in [5.41, 5.74) is 2.04. The number of aryl methyl sites for hydroxylation is 1. The molecule has 1 amide bonds. The molecule has 3 rings (SSSR count). The zero-order valence-corrected chi connectivity index (χ0v) is 14.0. The number of amides is 1. The molecular formula is C20H23NO3. The fourth-order valence-electron chi connectivity index (χ4n) is 2.81. The maximum atomic E-state index is 12.7. The van der Waals surface area contributed by atoms with Crippen LogP contribution >= 0.6 is 0 Å². The molecule has 1 atom stereocenters. The van der Waals surface area contributed by atoms with Crippen molar-refractivity contribution in [3.05, 3.63) is 60.2 Å². The Balaban J connectivity index is 1.67. The largest absolute Gasteiger partial charge is 0.484 e. The van der Waals surface area contributed by atoms with Gasteiger partial charge in [0.1, 0.15) is 5.75 Å². The summed E-state index contributed by atoms with van der Waals surface area (Å²) >= 11 is 0. The first-order valence-corrected chi connectivity index (χ1v) is 8.39. The minimum atomic E-state index is -0.0581. The zero-order valence-electron chi connectivity index (χ0n) is 14.0. The third-order valence-corrected chi connectivity index (χ3v) is 4.16. The van der Waals surface area contributed by atoms with Crippen LogP contribution < -0.4 is 9.64 Å². The lowest BCUT2D eigenvalue weighted by molar-refractivity contribution is -0.120. The van der Waals surface area contributed by atoms with E-state index >= 15 is 0 Å². The van der Waals surface area contributed by atoms with E-state index in [1.807, 2.05) is 61.5 Å². The molecule has 4 heteroatoms. The summed E-state index contributed by atoms with van der Waals surface area (Å²) in [6, 6.07) is 17.4. The monoisotopic (exact) mass is 325 g/mol. The molecule has 1 saturated heterocycles. The van der Waals surface area contributed by atoms with Crippen LogP contribution in [0.1, 0.15) is 18.4 Å². The summed E-state index contributed by atoms with van der Waals surface area (Å²) in [7, 11) is 0. The van der Waals surface area contributed by atoms with Gasteiger partial charge in [-0.25, -0.2) is 0 Å². The van der Waals surface area contributed by atoms with Crippen molar-refractivity contribution in [2.24, 2.45) is 0 Å². The van der Waals surface area contributed by atoms with Gasteiger partial charge in [-0.3, -0.25) is 4.79 Å². The van der Waals surface area contributed by atoms with Crippen molar-refractivity contribution in [3.63, 3.8) is 0 Å². The molecule has 0 spiro atoms. The molecule has 1 aliphatic heterocycles. The summed E-state index contributed by atoms with van der Waals surface area (Å²) in [6.07, 6.45) is 2.16. The molecule has 126 valence electrons. The van der Waals surface area contributed by atoms with Gasteiger partial charge in [-0.15, -0.1) is 0 Å². The van der Waals surface area contributed by atoms with Gasteiger partial charge in [0, 0.05) is 12.3 Å². The van der Waals surface area contributed by atoms with Gasteiger partial charge in [0.15, 0.2) is 6.61 Å². The molecule has 1 unspecified atom stereocenters. The highest BCUT2D eigenvalue weighted by Crippen LogP contribution is 2.20. The van der Waals surface area contributed by atoms with E-state index in [-0.39, 0.29) is 18.6 Å². The summed E-state index contributed by atoms with van der Waals surface area (Å²) in [6.45, 7) is 3.39. The lowest BCUT2D eigenvalue weighted by Gasteiger charge is -2.25. The number of carbonyl (C=O) groups is 1. The van der Waals surface area contributed by atoms with E-state index in [0.29, 0.717) is 12.3 Å². The van der Waals surface area contributed by atoms with Crippen molar-refractivity contribution in [2.45, 2.75) is 25.9 Å². The van der Waals surface area contributed by atoms with Gasteiger partial charge < -0.3 is 14.4 Å². The Labute approximate surface area is 143 Å². The van der Waals surface area contributed by atoms with Gasteiger partial charge in [0.2, 0.25) is 0 Å². The van der Waals surface area contributed by atoms with Crippen LogP contribution in [0.2, 0.25) is 0 Å². The lowest BCUT2D eigenvalue weighted by Crippen LogP contribution is -2.40. The van der Waals surface area contributed by atoms with Crippen molar-refractivity contribution < 1.29 is 14.3 Å². The van der Waals surface area contributed by atoms with Crippen LogP contribution in [-0.4, -0.2) is 31.8 Å². The van der Waals surface area contributed by atoms with E-state index in [1.54, 1.807) is 4.90 Å². The Hall–Kier alpha value is -2.33. The summed E-state index contributed by atoms with van der Waals surface area (Å²) < 4.78 is 11.4. The Bertz CT molecular complexity index is 648. The molecule has 0 aliphatic carbocycles. The first-order valence-electron chi connectivity index (χ1n) is 8.39. The molecule has 1 heterocycles. The molecule has 1 fully saturated rings. The molecule has 24 heavy (non-hydrogen) atoms. The molecule has 0 radical (unpaired) electrons. The molecule has 4 nitrogen and oxygen atoms in total. The van der Waals surface area contributed by atoms with Crippen molar-refractivity contribution >= 4 is 11.6 Å². The van der Waals surface area contributed by atoms with Crippen molar-refractivity contribution in [2.75, 3.05) is 24.7 Å². The predicted molar refractivity (Wildman–Crippen MR) is 94.4 cm³/mol. The SMILES string of the molecule is Cc1ccc(OCC(=O)N(CC2CCCO2)c2ccccc2)cc1. The molecule has 1 aliphatic rings. The highest BCUT2D eigenvalue weighted by molar-refractivity contribution is 5.94. The minimum absolute atomic E-state index is 0.0185. The van der Waals surface area contributed by atoms with E-state index in [1.165, 1.54) is 0 Å². The first kappa shape index (κ1) is 16.5. The molecule has 0 saturated carbocycles. The van der Waals surface area contributed by atoms with Gasteiger partial charge in [0.25, 0.3) is 5.91 Å². The molecule has 0 N–H and O–H groups in total. The number of carbonyl (C=O) groups excluding carboxylic acids is 1. The van der Waals surface area contributed by atoms with Crippen LogP contribution in [0.5, 0.6) is 5.75 Å². The number of nitrogens with zero attached hydrogens (tertiary/aromatic N) is 1. The highest BCUT2D eigenvalue weighted by Gasteiger charge is 2.24. The molecule has 2 aromatic carbocycles. The first-order chi connectivity index (χ1) is 11.7. The second-order valence-electron chi connectivity index (χ2n) is 6.08. The van der Waals surface area contributed by atoms with E-state index in [4.69, 9.17) is 9.47 Å². The molecular weight excluding hydrogens is 302 g/mol. The van der Waals surface area contributed by atoms with Crippen LogP contribution in [0.3, 0.4) is 0 Å². The van der Waals surface area contributed by atoms with Gasteiger partial charge in [0.05, 0.1) is 12.6 Å². The Morgan fingerprint density at radius 3 is 2.58 bits per heavy atom. The average molecular weight is 325 g/mol. The molecule has 0 aromatic heterocycles. The van der Waals surface area contributed by atoms with E-state index in [2.05, 4.69) is 0 Å². The van der Waals surface area contributed by atoms with Crippen LogP contribution in [0.4, 0.5) is 5.69 Å². The second-order valence-corrected chi connectivity index (χ2v) is 6.08. The van der Waals surface area contributed by atoms with Gasteiger partial charge >= 0.3 is 0 Å². The van der Waals surface area contributed by atoms with Gasteiger partial charge in [-0.1, -0.05) is 35.9 Å². The van der Waals surface area contributed by atoms with Gasteiger partial charge in [-0.2, -0.15) is 0 Å². The summed E-state index contributed by atoms with van der Waals surface area (Å²) in [5.74, 6) is 0.649. The van der Waals surface area contributed by atoms with Crippen molar-refractivity contribution in [1.82, 2.24) is 0 Å². The third-order valence-electron chi connectivity index (χ3n) is 4.16. The fraction of sp³-hybridized carbons (Fsp3) is 0.350.